The highest BCUT2D eigenvalue weighted by Gasteiger charge is 2.19. The lowest BCUT2D eigenvalue weighted by Gasteiger charge is -2.11. The first-order valence-electron chi connectivity index (χ1n) is 10.0. The maximum atomic E-state index is 13.2. The maximum Gasteiger partial charge on any atom is 0.270 e. The number of aromatic nitrogens is 3. The van der Waals surface area contributed by atoms with E-state index in [0.717, 1.165) is 33.7 Å². The lowest BCUT2D eigenvalue weighted by Crippen LogP contribution is -2.25. The van der Waals surface area contributed by atoms with Gasteiger partial charge in [0.2, 0.25) is 0 Å². The normalized spacial score (nSPS) is 10.7. The van der Waals surface area contributed by atoms with E-state index in [9.17, 15) is 4.79 Å². The number of hydrogen-bond donors (Lipinski definition) is 1. The topological polar surface area (TPSA) is 69.0 Å². The molecule has 1 amide bonds. The van der Waals surface area contributed by atoms with Gasteiger partial charge in [0.1, 0.15) is 11.4 Å². The van der Waals surface area contributed by atoms with Crippen molar-refractivity contribution in [1.29, 1.82) is 0 Å². The van der Waals surface area contributed by atoms with Gasteiger partial charge in [0, 0.05) is 24.5 Å². The molecule has 0 spiro atoms. The lowest BCUT2D eigenvalue weighted by molar-refractivity contribution is 0.0943. The number of benzene rings is 2. The summed E-state index contributed by atoms with van der Waals surface area (Å²) >= 11 is 0. The van der Waals surface area contributed by atoms with E-state index in [1.807, 2.05) is 68.4 Å². The van der Waals surface area contributed by atoms with Crippen molar-refractivity contribution in [2.45, 2.75) is 20.4 Å². The zero-order valence-electron chi connectivity index (χ0n) is 17.8. The quantitative estimate of drug-likeness (QED) is 0.507. The molecule has 0 aliphatic carbocycles. The van der Waals surface area contributed by atoms with Crippen LogP contribution in [0, 0.1) is 13.8 Å². The Hall–Kier alpha value is -3.93. The number of pyridine rings is 1. The van der Waals surface area contributed by atoms with Gasteiger partial charge in [0.05, 0.1) is 18.5 Å². The van der Waals surface area contributed by atoms with E-state index in [-0.39, 0.29) is 5.91 Å². The highest BCUT2D eigenvalue weighted by atomic mass is 16.5. The molecule has 0 fully saturated rings. The predicted molar refractivity (Wildman–Crippen MR) is 120 cm³/mol. The molecule has 0 saturated carbocycles. The largest absolute Gasteiger partial charge is 0.497 e. The molecule has 6 nitrogen and oxygen atoms in total. The fourth-order valence-electron chi connectivity index (χ4n) is 3.37. The summed E-state index contributed by atoms with van der Waals surface area (Å²) in [4.78, 5) is 17.2. The summed E-state index contributed by atoms with van der Waals surface area (Å²) in [5.41, 5.74) is 6.05. The molecule has 0 bridgehead atoms. The van der Waals surface area contributed by atoms with Gasteiger partial charge in [-0.15, -0.1) is 0 Å². The van der Waals surface area contributed by atoms with E-state index >= 15 is 0 Å². The first-order chi connectivity index (χ1) is 15.0. The van der Waals surface area contributed by atoms with Crippen molar-refractivity contribution in [3.8, 4) is 22.7 Å². The molecule has 0 saturated heterocycles. The second-order valence-electron chi connectivity index (χ2n) is 7.39. The summed E-state index contributed by atoms with van der Waals surface area (Å²) in [5, 5.41) is 7.79. The van der Waals surface area contributed by atoms with Gasteiger partial charge in [0.15, 0.2) is 0 Å². The van der Waals surface area contributed by atoms with E-state index in [2.05, 4.69) is 16.4 Å². The summed E-state index contributed by atoms with van der Waals surface area (Å²) < 4.78 is 7.07. The van der Waals surface area contributed by atoms with Crippen LogP contribution in [0.1, 0.15) is 27.2 Å². The van der Waals surface area contributed by atoms with Crippen LogP contribution >= 0.6 is 0 Å². The van der Waals surface area contributed by atoms with Crippen molar-refractivity contribution >= 4 is 5.91 Å². The Balaban J connectivity index is 1.75. The first kappa shape index (κ1) is 20.3. The second kappa shape index (κ2) is 8.83. The van der Waals surface area contributed by atoms with Crippen LogP contribution in [0.2, 0.25) is 0 Å². The molecule has 156 valence electrons. The van der Waals surface area contributed by atoms with Crippen LogP contribution in [-0.2, 0) is 6.54 Å². The fourth-order valence-corrected chi connectivity index (χ4v) is 3.37. The second-order valence-corrected chi connectivity index (χ2v) is 7.39. The summed E-state index contributed by atoms with van der Waals surface area (Å²) in [5.74, 6) is 0.543. The summed E-state index contributed by atoms with van der Waals surface area (Å²) in [6.07, 6.45) is 3.42. The van der Waals surface area contributed by atoms with Crippen molar-refractivity contribution in [2.24, 2.45) is 0 Å². The minimum absolute atomic E-state index is 0.195. The number of nitrogens with zero attached hydrogens (tertiary/aromatic N) is 3. The third kappa shape index (κ3) is 4.48. The van der Waals surface area contributed by atoms with Crippen LogP contribution in [0.4, 0.5) is 0 Å². The molecule has 0 atom stereocenters. The molecular formula is C25H24N4O2. The van der Waals surface area contributed by atoms with Gasteiger partial charge in [-0.2, -0.15) is 5.10 Å². The Labute approximate surface area is 181 Å². The Morgan fingerprint density at radius 2 is 1.84 bits per heavy atom. The molecule has 31 heavy (non-hydrogen) atoms. The van der Waals surface area contributed by atoms with Gasteiger partial charge in [-0.3, -0.25) is 9.78 Å². The van der Waals surface area contributed by atoms with Gasteiger partial charge >= 0.3 is 0 Å². The van der Waals surface area contributed by atoms with E-state index in [1.54, 1.807) is 24.2 Å². The van der Waals surface area contributed by atoms with E-state index in [0.29, 0.717) is 17.9 Å². The average Bonchev–Trinajstić information content (AvgIpc) is 3.25. The average molecular weight is 412 g/mol. The first-order valence-corrected chi connectivity index (χ1v) is 10.0. The Kier molecular flexibility index (Phi) is 5.80. The maximum absolute atomic E-state index is 13.2. The lowest BCUT2D eigenvalue weighted by atomic mass is 10.1. The van der Waals surface area contributed by atoms with E-state index in [4.69, 9.17) is 9.84 Å². The molecule has 2 heterocycles. The number of aryl methyl sites for hydroxylation is 2. The van der Waals surface area contributed by atoms with E-state index in [1.165, 1.54) is 0 Å². The SMILES string of the molecule is COc1cccc(-c2cc(C(=O)NCc3ccncc3)n(-c3cc(C)ccc3C)n2)c1. The minimum Gasteiger partial charge on any atom is -0.497 e. The zero-order chi connectivity index (χ0) is 21.8. The Morgan fingerprint density at radius 1 is 1.03 bits per heavy atom. The number of hydrogen-bond acceptors (Lipinski definition) is 4. The number of carbonyl (C=O) groups excluding carboxylic acids is 1. The number of ether oxygens (including phenoxy) is 1. The van der Waals surface area contributed by atoms with Crippen LogP contribution in [0.3, 0.4) is 0 Å². The third-order valence-electron chi connectivity index (χ3n) is 5.10. The number of amides is 1. The summed E-state index contributed by atoms with van der Waals surface area (Å²) in [7, 11) is 1.63. The van der Waals surface area contributed by atoms with E-state index < -0.39 is 0 Å². The number of nitrogens with one attached hydrogen (secondary N) is 1. The zero-order valence-corrected chi connectivity index (χ0v) is 17.8. The Bertz CT molecular complexity index is 1220. The molecule has 0 aliphatic rings. The van der Waals surface area contributed by atoms with Crippen LogP contribution in [0.15, 0.2) is 73.1 Å². The van der Waals surface area contributed by atoms with Crippen molar-refractivity contribution < 1.29 is 9.53 Å². The summed E-state index contributed by atoms with van der Waals surface area (Å²) in [6, 6.07) is 19.4. The van der Waals surface area contributed by atoms with Gasteiger partial charge in [0.25, 0.3) is 5.91 Å². The molecule has 4 aromatic rings. The van der Waals surface area contributed by atoms with Gasteiger partial charge in [-0.05, 0) is 66.9 Å². The minimum atomic E-state index is -0.195. The number of carbonyl (C=O) groups is 1. The molecule has 2 aromatic heterocycles. The highest BCUT2D eigenvalue weighted by molar-refractivity contribution is 5.94. The monoisotopic (exact) mass is 412 g/mol. The third-order valence-corrected chi connectivity index (χ3v) is 5.10. The molecular weight excluding hydrogens is 388 g/mol. The molecule has 0 aliphatic heterocycles. The smallest absolute Gasteiger partial charge is 0.270 e. The van der Waals surface area contributed by atoms with Crippen LogP contribution in [0.5, 0.6) is 5.75 Å². The van der Waals surface area contributed by atoms with Crippen molar-refractivity contribution in [2.75, 3.05) is 7.11 Å². The fraction of sp³-hybridized carbons (Fsp3) is 0.160. The van der Waals surface area contributed by atoms with Gasteiger partial charge in [-0.25, -0.2) is 4.68 Å². The van der Waals surface area contributed by atoms with Gasteiger partial charge < -0.3 is 10.1 Å². The van der Waals surface area contributed by atoms with Gasteiger partial charge in [-0.1, -0.05) is 24.3 Å². The molecule has 4 rings (SSSR count). The molecule has 6 heteroatoms. The standard InChI is InChI=1S/C25H24N4O2/c1-17-7-8-18(2)23(13-17)29-24(25(30)27-16-19-9-11-26-12-10-19)15-22(28-29)20-5-4-6-21(14-20)31-3/h4-15H,16H2,1-3H3,(H,27,30). The summed E-state index contributed by atoms with van der Waals surface area (Å²) in [6.45, 7) is 4.45. The van der Waals surface area contributed by atoms with Crippen molar-refractivity contribution in [1.82, 2.24) is 20.1 Å². The van der Waals surface area contributed by atoms with Crippen LogP contribution < -0.4 is 10.1 Å². The predicted octanol–water partition coefficient (Wildman–Crippen LogP) is 4.49. The Morgan fingerprint density at radius 3 is 2.61 bits per heavy atom. The molecule has 0 radical (unpaired) electrons. The van der Waals surface area contributed by atoms with Crippen LogP contribution in [0.25, 0.3) is 16.9 Å². The highest BCUT2D eigenvalue weighted by Crippen LogP contribution is 2.26. The number of methoxy groups -OCH3 is 1. The van der Waals surface area contributed by atoms with Crippen molar-refractivity contribution in [3.05, 3.63) is 95.4 Å². The van der Waals surface area contributed by atoms with Crippen LogP contribution in [-0.4, -0.2) is 27.8 Å². The molecule has 1 N–H and O–H groups in total. The molecule has 2 aromatic carbocycles. The number of rotatable bonds is 6. The molecule has 0 unspecified atom stereocenters. The van der Waals surface area contributed by atoms with Crippen molar-refractivity contribution in [3.63, 3.8) is 0 Å².